The van der Waals surface area contributed by atoms with Crippen molar-refractivity contribution >= 4 is 22.9 Å². The Labute approximate surface area is 201 Å². The predicted octanol–water partition coefficient (Wildman–Crippen LogP) is 4.33. The minimum absolute atomic E-state index is 0.342. The monoisotopic (exact) mass is 464 g/mol. The zero-order valence-corrected chi connectivity index (χ0v) is 20.2. The molecule has 4 rings (SSSR count). The van der Waals surface area contributed by atoms with Crippen molar-refractivity contribution in [1.29, 1.82) is 0 Å². The van der Waals surface area contributed by atoms with Crippen LogP contribution in [0.3, 0.4) is 0 Å². The first kappa shape index (κ1) is 24.2. The van der Waals surface area contributed by atoms with Crippen LogP contribution in [0.2, 0.25) is 0 Å². The van der Waals surface area contributed by atoms with Gasteiger partial charge in [-0.2, -0.15) is 0 Å². The molecule has 0 spiro atoms. The lowest BCUT2D eigenvalue weighted by molar-refractivity contribution is 0.0724. The largest absolute Gasteiger partial charge is 0.394 e. The quantitative estimate of drug-likeness (QED) is 0.372. The highest BCUT2D eigenvalue weighted by Gasteiger charge is 2.26. The Kier molecular flexibility index (Phi) is 7.54. The molecule has 1 aliphatic rings. The lowest BCUT2D eigenvalue weighted by Gasteiger charge is -2.26. The third-order valence-electron chi connectivity index (χ3n) is 6.79. The minimum Gasteiger partial charge on any atom is -0.394 e. The average Bonchev–Trinajstić information content (AvgIpc) is 2.99. The average molecular weight is 465 g/mol. The van der Waals surface area contributed by atoms with Crippen LogP contribution in [-0.4, -0.2) is 44.4 Å². The molecule has 7 nitrogen and oxygen atoms in total. The zero-order valence-electron chi connectivity index (χ0n) is 20.2. The van der Waals surface area contributed by atoms with E-state index in [1.807, 2.05) is 6.07 Å². The van der Waals surface area contributed by atoms with Gasteiger partial charge in [0, 0.05) is 18.2 Å². The van der Waals surface area contributed by atoms with Gasteiger partial charge < -0.3 is 25.4 Å². The van der Waals surface area contributed by atoms with Crippen molar-refractivity contribution in [2.75, 3.05) is 18.5 Å². The Hall–Kier alpha value is -2.90. The van der Waals surface area contributed by atoms with Gasteiger partial charge in [-0.1, -0.05) is 55.5 Å². The second-order valence-corrected chi connectivity index (χ2v) is 9.83. The standard InChI is InChI=1S/C27H36N4O3/c1-19-8-7-9-20(14-19)16-28-26-29-23-15-21(25(34)30-27(2,17-32)18-33)12-13-24(23)31(26)22-10-5-3-4-6-11-22/h7-9,12-15,22,32-33H,3-6,10-11,16-18H2,1-2H3,(H,28,29)(H,30,34). The van der Waals surface area contributed by atoms with Crippen molar-refractivity contribution in [3.63, 3.8) is 0 Å². The van der Waals surface area contributed by atoms with Gasteiger partial charge in [0.1, 0.15) is 0 Å². The normalized spacial score (nSPS) is 15.3. The molecule has 3 aromatic rings. The van der Waals surface area contributed by atoms with Gasteiger partial charge in [0.25, 0.3) is 5.91 Å². The number of hydrogen-bond donors (Lipinski definition) is 4. The highest BCUT2D eigenvalue weighted by molar-refractivity contribution is 5.98. The summed E-state index contributed by atoms with van der Waals surface area (Å²) in [4.78, 5) is 17.7. The van der Waals surface area contributed by atoms with E-state index in [1.54, 1.807) is 19.1 Å². The van der Waals surface area contributed by atoms with Gasteiger partial charge >= 0.3 is 0 Å². The summed E-state index contributed by atoms with van der Waals surface area (Å²) in [5, 5.41) is 25.3. The number of aromatic nitrogens is 2. The fraction of sp³-hybridized carbons (Fsp3) is 0.481. The van der Waals surface area contributed by atoms with Crippen molar-refractivity contribution in [3.05, 3.63) is 59.2 Å². The third-order valence-corrected chi connectivity index (χ3v) is 6.79. The number of aryl methyl sites for hydroxylation is 1. The number of rotatable bonds is 8. The van der Waals surface area contributed by atoms with Gasteiger partial charge in [-0.25, -0.2) is 4.98 Å². The van der Waals surface area contributed by atoms with Gasteiger partial charge in [0.15, 0.2) is 0 Å². The summed E-state index contributed by atoms with van der Waals surface area (Å²) >= 11 is 0. The Morgan fingerprint density at radius 3 is 2.50 bits per heavy atom. The molecule has 1 saturated carbocycles. The fourth-order valence-electron chi connectivity index (χ4n) is 4.73. The maximum absolute atomic E-state index is 12.8. The number of nitrogens with zero attached hydrogens (tertiary/aromatic N) is 2. The molecule has 2 aromatic carbocycles. The topological polar surface area (TPSA) is 99.4 Å². The molecular weight excluding hydrogens is 428 g/mol. The lowest BCUT2D eigenvalue weighted by Crippen LogP contribution is -2.51. The molecule has 34 heavy (non-hydrogen) atoms. The summed E-state index contributed by atoms with van der Waals surface area (Å²) in [6, 6.07) is 14.4. The summed E-state index contributed by atoms with van der Waals surface area (Å²) in [6.07, 6.45) is 7.21. The second-order valence-electron chi connectivity index (χ2n) is 9.83. The molecule has 4 N–H and O–H groups in total. The zero-order chi connectivity index (χ0) is 24.1. The fourth-order valence-corrected chi connectivity index (χ4v) is 4.73. The van der Waals surface area contributed by atoms with E-state index in [2.05, 4.69) is 46.4 Å². The van der Waals surface area contributed by atoms with E-state index >= 15 is 0 Å². The minimum atomic E-state index is -1.08. The number of aliphatic hydroxyl groups excluding tert-OH is 2. The van der Waals surface area contributed by atoms with E-state index in [9.17, 15) is 15.0 Å². The molecule has 1 amide bonds. The number of amides is 1. The Balaban J connectivity index is 1.67. The molecule has 0 bridgehead atoms. The summed E-state index contributed by atoms with van der Waals surface area (Å²) in [7, 11) is 0. The number of anilines is 1. The highest BCUT2D eigenvalue weighted by Crippen LogP contribution is 2.34. The number of nitrogens with one attached hydrogen (secondary N) is 2. The maximum Gasteiger partial charge on any atom is 0.251 e. The van der Waals surface area contributed by atoms with Crippen LogP contribution in [0.5, 0.6) is 0 Å². The molecule has 1 fully saturated rings. The van der Waals surface area contributed by atoms with E-state index in [0.717, 1.165) is 29.8 Å². The van der Waals surface area contributed by atoms with Crippen LogP contribution in [0.1, 0.15) is 73.0 Å². The molecule has 0 aliphatic heterocycles. The molecule has 182 valence electrons. The van der Waals surface area contributed by atoms with E-state index < -0.39 is 5.54 Å². The molecule has 1 aromatic heterocycles. The van der Waals surface area contributed by atoms with Crippen LogP contribution in [0.15, 0.2) is 42.5 Å². The van der Waals surface area contributed by atoms with E-state index in [-0.39, 0.29) is 19.1 Å². The first-order valence-corrected chi connectivity index (χ1v) is 12.3. The van der Waals surface area contributed by atoms with Crippen molar-refractivity contribution < 1.29 is 15.0 Å². The summed E-state index contributed by atoms with van der Waals surface area (Å²) in [6.45, 7) is 3.69. The SMILES string of the molecule is Cc1cccc(CNc2nc3cc(C(=O)NC(C)(CO)CO)ccc3n2C2CCCCCC2)c1. The van der Waals surface area contributed by atoms with E-state index in [4.69, 9.17) is 4.98 Å². The first-order chi connectivity index (χ1) is 16.4. The van der Waals surface area contributed by atoms with Crippen molar-refractivity contribution in [2.24, 2.45) is 0 Å². The van der Waals surface area contributed by atoms with Gasteiger partial charge in [-0.05, 0) is 50.5 Å². The molecule has 0 unspecified atom stereocenters. The molecule has 0 atom stereocenters. The number of carbonyl (C=O) groups excluding carboxylic acids is 1. The van der Waals surface area contributed by atoms with Crippen LogP contribution >= 0.6 is 0 Å². The van der Waals surface area contributed by atoms with Crippen molar-refractivity contribution in [2.45, 2.75) is 70.5 Å². The van der Waals surface area contributed by atoms with E-state index in [1.165, 1.54) is 36.8 Å². The lowest BCUT2D eigenvalue weighted by atomic mass is 10.0. The number of fused-ring (bicyclic) bond motifs is 1. The van der Waals surface area contributed by atoms with Crippen LogP contribution in [0, 0.1) is 6.92 Å². The smallest absolute Gasteiger partial charge is 0.251 e. The van der Waals surface area contributed by atoms with E-state index in [0.29, 0.717) is 18.2 Å². The molecular formula is C27H36N4O3. The van der Waals surface area contributed by atoms with Gasteiger partial charge in [-0.15, -0.1) is 0 Å². The maximum atomic E-state index is 12.8. The van der Waals surface area contributed by atoms with Crippen molar-refractivity contribution in [3.8, 4) is 0 Å². The summed E-state index contributed by atoms with van der Waals surface area (Å²) < 4.78 is 2.32. The van der Waals surface area contributed by atoms with Crippen molar-refractivity contribution in [1.82, 2.24) is 14.9 Å². The Morgan fingerprint density at radius 1 is 1.09 bits per heavy atom. The molecule has 1 heterocycles. The number of aliphatic hydroxyl groups is 2. The number of hydrogen-bond acceptors (Lipinski definition) is 5. The van der Waals surface area contributed by atoms with Crippen LogP contribution < -0.4 is 10.6 Å². The Bertz CT molecular complexity index is 1130. The van der Waals surface area contributed by atoms with Crippen LogP contribution in [0.25, 0.3) is 11.0 Å². The molecule has 0 saturated heterocycles. The first-order valence-electron chi connectivity index (χ1n) is 12.3. The number of carbonyl (C=O) groups is 1. The summed E-state index contributed by atoms with van der Waals surface area (Å²) in [5.41, 5.74) is 3.58. The number of benzene rings is 2. The second kappa shape index (κ2) is 10.6. The predicted molar refractivity (Wildman–Crippen MR) is 135 cm³/mol. The third kappa shape index (κ3) is 5.42. The molecule has 0 radical (unpaired) electrons. The van der Waals surface area contributed by atoms with Gasteiger partial charge in [0.2, 0.25) is 5.95 Å². The molecule has 7 heteroatoms. The van der Waals surface area contributed by atoms with Crippen LogP contribution in [-0.2, 0) is 6.54 Å². The van der Waals surface area contributed by atoms with Gasteiger partial charge in [-0.3, -0.25) is 4.79 Å². The Morgan fingerprint density at radius 2 is 1.82 bits per heavy atom. The summed E-state index contributed by atoms with van der Waals surface area (Å²) in [5.74, 6) is 0.488. The highest BCUT2D eigenvalue weighted by atomic mass is 16.3. The van der Waals surface area contributed by atoms with Crippen LogP contribution in [0.4, 0.5) is 5.95 Å². The number of imidazole rings is 1. The van der Waals surface area contributed by atoms with Gasteiger partial charge in [0.05, 0.1) is 29.8 Å². The molecule has 1 aliphatic carbocycles.